The van der Waals surface area contributed by atoms with Crippen molar-refractivity contribution < 1.29 is 14.3 Å². The number of carbonyl (C=O) groups excluding carboxylic acids is 2. The van der Waals surface area contributed by atoms with E-state index in [1.54, 1.807) is 4.90 Å². The third kappa shape index (κ3) is 3.64. The van der Waals surface area contributed by atoms with Gasteiger partial charge in [-0.15, -0.1) is 0 Å². The summed E-state index contributed by atoms with van der Waals surface area (Å²) in [6.07, 6.45) is 2.70. The topological polar surface area (TPSA) is 46.6 Å². The standard InChI is InChI=1S/C17H21NO3S/c19-16(13-5-2-1-3-6-13)18-9-4-7-14(11-18)17(20)21-15-8-10-22-12-15/h1-3,5-6,14-15H,4,7-12H2. The molecule has 2 saturated heterocycles. The van der Waals surface area contributed by atoms with Gasteiger partial charge in [-0.1, -0.05) is 18.2 Å². The number of hydrogen-bond donors (Lipinski definition) is 0. The Morgan fingerprint density at radius 1 is 1.18 bits per heavy atom. The van der Waals surface area contributed by atoms with Gasteiger partial charge in [0.25, 0.3) is 5.91 Å². The maximum absolute atomic E-state index is 12.5. The molecule has 0 spiro atoms. The SMILES string of the molecule is O=C(OC1CCSC1)C1CCCN(C(=O)c2ccccc2)C1. The first kappa shape index (κ1) is 15.4. The zero-order valence-corrected chi connectivity index (χ0v) is 13.4. The second kappa shape index (κ2) is 7.18. The number of hydrogen-bond acceptors (Lipinski definition) is 4. The molecule has 118 valence electrons. The average molecular weight is 319 g/mol. The first-order valence-corrected chi connectivity index (χ1v) is 9.02. The fourth-order valence-corrected chi connectivity index (χ4v) is 4.08. The van der Waals surface area contributed by atoms with Gasteiger partial charge < -0.3 is 9.64 Å². The predicted octanol–water partition coefficient (Wildman–Crippen LogP) is 2.59. The average Bonchev–Trinajstić information content (AvgIpc) is 3.08. The first-order chi connectivity index (χ1) is 10.7. The van der Waals surface area contributed by atoms with E-state index in [0.29, 0.717) is 12.1 Å². The molecule has 2 aliphatic rings. The van der Waals surface area contributed by atoms with Gasteiger partial charge >= 0.3 is 5.97 Å². The molecule has 0 bridgehead atoms. The van der Waals surface area contributed by atoms with Crippen LogP contribution in [0.5, 0.6) is 0 Å². The Morgan fingerprint density at radius 3 is 2.73 bits per heavy atom. The molecule has 0 radical (unpaired) electrons. The normalized spacial score (nSPS) is 25.0. The Labute approximate surface area is 135 Å². The van der Waals surface area contributed by atoms with Crippen molar-refractivity contribution in [1.29, 1.82) is 0 Å². The second-order valence-electron chi connectivity index (χ2n) is 5.88. The van der Waals surface area contributed by atoms with E-state index in [-0.39, 0.29) is 23.9 Å². The highest BCUT2D eigenvalue weighted by molar-refractivity contribution is 7.99. The summed E-state index contributed by atoms with van der Waals surface area (Å²) in [6, 6.07) is 9.26. The quantitative estimate of drug-likeness (QED) is 0.804. The molecular formula is C17H21NO3S. The third-order valence-electron chi connectivity index (χ3n) is 4.23. The summed E-state index contributed by atoms with van der Waals surface area (Å²) >= 11 is 1.83. The van der Waals surface area contributed by atoms with Gasteiger partial charge in [0.15, 0.2) is 0 Å². The lowest BCUT2D eigenvalue weighted by atomic mass is 9.97. The molecule has 0 saturated carbocycles. The van der Waals surface area contributed by atoms with E-state index in [1.807, 2.05) is 42.1 Å². The molecule has 1 amide bonds. The number of amides is 1. The van der Waals surface area contributed by atoms with E-state index in [1.165, 1.54) is 0 Å². The smallest absolute Gasteiger partial charge is 0.311 e. The van der Waals surface area contributed by atoms with Crippen molar-refractivity contribution in [3.63, 3.8) is 0 Å². The predicted molar refractivity (Wildman–Crippen MR) is 86.9 cm³/mol. The van der Waals surface area contributed by atoms with Crippen molar-refractivity contribution >= 4 is 23.6 Å². The molecule has 4 nitrogen and oxygen atoms in total. The third-order valence-corrected chi connectivity index (χ3v) is 5.37. The number of piperidine rings is 1. The van der Waals surface area contributed by atoms with Crippen LogP contribution in [-0.2, 0) is 9.53 Å². The van der Waals surface area contributed by atoms with E-state index in [9.17, 15) is 9.59 Å². The van der Waals surface area contributed by atoms with Gasteiger partial charge in [-0.25, -0.2) is 0 Å². The van der Waals surface area contributed by atoms with Gasteiger partial charge in [-0.05, 0) is 37.1 Å². The number of carbonyl (C=O) groups is 2. The van der Waals surface area contributed by atoms with Crippen LogP contribution in [0.3, 0.4) is 0 Å². The largest absolute Gasteiger partial charge is 0.461 e. The van der Waals surface area contributed by atoms with Crippen LogP contribution in [-0.4, -0.2) is 47.5 Å². The maximum Gasteiger partial charge on any atom is 0.311 e. The Hall–Kier alpha value is -1.49. The molecule has 2 atom stereocenters. The molecule has 1 aromatic rings. The Morgan fingerprint density at radius 2 is 2.00 bits per heavy atom. The van der Waals surface area contributed by atoms with Crippen LogP contribution in [0.25, 0.3) is 0 Å². The molecule has 0 aromatic heterocycles. The molecule has 0 aliphatic carbocycles. The van der Waals surface area contributed by atoms with Crippen LogP contribution >= 0.6 is 11.8 Å². The molecule has 2 fully saturated rings. The van der Waals surface area contributed by atoms with Gasteiger partial charge in [0.05, 0.1) is 5.92 Å². The van der Waals surface area contributed by atoms with Crippen LogP contribution in [0.1, 0.15) is 29.6 Å². The van der Waals surface area contributed by atoms with Crippen molar-refractivity contribution in [3.05, 3.63) is 35.9 Å². The van der Waals surface area contributed by atoms with Crippen LogP contribution in [0.4, 0.5) is 0 Å². The van der Waals surface area contributed by atoms with E-state index >= 15 is 0 Å². The van der Waals surface area contributed by atoms with Gasteiger partial charge in [0.1, 0.15) is 6.10 Å². The Bertz CT molecular complexity index is 528. The number of thioether (sulfide) groups is 1. The Balaban J connectivity index is 1.59. The van der Waals surface area contributed by atoms with Crippen LogP contribution in [0, 0.1) is 5.92 Å². The molecule has 5 heteroatoms. The highest BCUT2D eigenvalue weighted by Crippen LogP contribution is 2.24. The zero-order chi connectivity index (χ0) is 15.4. The van der Waals surface area contributed by atoms with E-state index in [4.69, 9.17) is 4.74 Å². The van der Waals surface area contributed by atoms with Crippen molar-refractivity contribution in [2.45, 2.75) is 25.4 Å². The summed E-state index contributed by atoms with van der Waals surface area (Å²) in [6.45, 7) is 1.20. The molecule has 3 rings (SSSR count). The van der Waals surface area contributed by atoms with Crippen molar-refractivity contribution in [2.75, 3.05) is 24.6 Å². The van der Waals surface area contributed by atoms with Gasteiger partial charge in [0, 0.05) is 24.4 Å². The fourth-order valence-electron chi connectivity index (χ4n) is 2.98. The minimum atomic E-state index is -0.174. The number of nitrogens with zero attached hydrogens (tertiary/aromatic N) is 1. The number of benzene rings is 1. The molecule has 2 aliphatic heterocycles. The minimum absolute atomic E-state index is 0.00882. The summed E-state index contributed by atoms with van der Waals surface area (Å²) in [5.41, 5.74) is 0.684. The van der Waals surface area contributed by atoms with Crippen molar-refractivity contribution in [3.8, 4) is 0 Å². The molecule has 0 N–H and O–H groups in total. The lowest BCUT2D eigenvalue weighted by Gasteiger charge is -2.32. The summed E-state index contributed by atoms with van der Waals surface area (Å²) in [5, 5.41) is 0. The van der Waals surface area contributed by atoms with Crippen molar-refractivity contribution in [1.82, 2.24) is 4.90 Å². The fraction of sp³-hybridized carbons (Fsp3) is 0.529. The van der Waals surface area contributed by atoms with Crippen LogP contribution in [0.15, 0.2) is 30.3 Å². The summed E-state index contributed by atoms with van der Waals surface area (Å²) in [4.78, 5) is 26.6. The lowest BCUT2D eigenvalue weighted by Crippen LogP contribution is -2.43. The molecule has 2 heterocycles. The number of likely N-dealkylation sites (tertiary alicyclic amines) is 1. The monoisotopic (exact) mass is 319 g/mol. The van der Waals surface area contributed by atoms with Gasteiger partial charge in [0.2, 0.25) is 0 Å². The maximum atomic E-state index is 12.5. The van der Waals surface area contributed by atoms with Crippen LogP contribution < -0.4 is 0 Å². The molecular weight excluding hydrogens is 298 g/mol. The highest BCUT2D eigenvalue weighted by atomic mass is 32.2. The molecule has 22 heavy (non-hydrogen) atoms. The summed E-state index contributed by atoms with van der Waals surface area (Å²) < 4.78 is 5.59. The van der Waals surface area contributed by atoms with Crippen LogP contribution in [0.2, 0.25) is 0 Å². The van der Waals surface area contributed by atoms with E-state index in [2.05, 4.69) is 0 Å². The first-order valence-electron chi connectivity index (χ1n) is 7.86. The van der Waals surface area contributed by atoms with Gasteiger partial charge in [-0.2, -0.15) is 11.8 Å². The van der Waals surface area contributed by atoms with Gasteiger partial charge in [-0.3, -0.25) is 9.59 Å². The number of esters is 1. The number of ether oxygens (including phenoxy) is 1. The highest BCUT2D eigenvalue weighted by Gasteiger charge is 2.31. The molecule has 1 aromatic carbocycles. The summed E-state index contributed by atoms with van der Waals surface area (Å²) in [7, 11) is 0. The van der Waals surface area contributed by atoms with E-state index < -0.39 is 0 Å². The minimum Gasteiger partial charge on any atom is -0.461 e. The zero-order valence-electron chi connectivity index (χ0n) is 12.6. The number of rotatable bonds is 3. The second-order valence-corrected chi connectivity index (χ2v) is 7.03. The molecule has 2 unspecified atom stereocenters. The lowest BCUT2D eigenvalue weighted by molar-refractivity contribution is -0.154. The Kier molecular flexibility index (Phi) is 5.03. The van der Waals surface area contributed by atoms with E-state index in [0.717, 1.165) is 37.3 Å². The van der Waals surface area contributed by atoms with Crippen molar-refractivity contribution in [2.24, 2.45) is 5.92 Å². The summed E-state index contributed by atoms with van der Waals surface area (Å²) in [5.74, 6) is 1.69.